The average Bonchev–Trinajstić information content (AvgIpc) is 3.11. The van der Waals surface area contributed by atoms with Gasteiger partial charge in [-0.2, -0.15) is 0 Å². The first-order valence-electron chi connectivity index (χ1n) is 11.2. The van der Waals surface area contributed by atoms with Gasteiger partial charge in [-0.25, -0.2) is 4.79 Å². The van der Waals surface area contributed by atoms with Crippen molar-refractivity contribution in [2.45, 2.75) is 39.9 Å². The highest BCUT2D eigenvalue weighted by molar-refractivity contribution is 5.96. The highest BCUT2D eigenvalue weighted by atomic mass is 16.5. The Labute approximate surface area is 189 Å². The van der Waals surface area contributed by atoms with Crippen LogP contribution in [0.1, 0.15) is 35.7 Å². The molecule has 0 saturated carbocycles. The second-order valence-corrected chi connectivity index (χ2v) is 8.72. The average molecular weight is 441 g/mol. The van der Waals surface area contributed by atoms with E-state index in [9.17, 15) is 9.59 Å². The Morgan fingerprint density at radius 2 is 1.59 bits per heavy atom. The summed E-state index contributed by atoms with van der Waals surface area (Å²) in [7, 11) is 0. The summed E-state index contributed by atoms with van der Waals surface area (Å²) in [6.45, 7) is 11.3. The lowest BCUT2D eigenvalue weighted by molar-refractivity contribution is -0.00517. The molecule has 0 bridgehead atoms. The van der Waals surface area contributed by atoms with E-state index in [4.69, 9.17) is 9.15 Å². The van der Waals surface area contributed by atoms with Crippen LogP contribution in [0.3, 0.4) is 0 Å². The van der Waals surface area contributed by atoms with Crippen LogP contribution < -0.4 is 10.2 Å². The second-order valence-electron chi connectivity index (χ2n) is 8.72. The van der Waals surface area contributed by atoms with Gasteiger partial charge in [-0.3, -0.25) is 4.79 Å². The van der Waals surface area contributed by atoms with Crippen LogP contribution in [0.4, 0.5) is 16.2 Å². The van der Waals surface area contributed by atoms with Gasteiger partial charge in [-0.1, -0.05) is 12.1 Å². The molecule has 0 radical (unpaired) electrons. The van der Waals surface area contributed by atoms with Gasteiger partial charge in [0.25, 0.3) is 5.91 Å². The second kappa shape index (κ2) is 9.24. The monoisotopic (exact) mass is 440 g/mol. The molecular formula is C24H32N4O4. The first-order chi connectivity index (χ1) is 15.3. The van der Waals surface area contributed by atoms with E-state index in [2.05, 4.69) is 24.1 Å². The number of furan rings is 1. The van der Waals surface area contributed by atoms with Crippen LogP contribution >= 0.6 is 0 Å². The third kappa shape index (κ3) is 4.75. The smallest absolute Gasteiger partial charge is 0.322 e. The zero-order chi connectivity index (χ0) is 22.8. The number of urea groups is 1. The van der Waals surface area contributed by atoms with Gasteiger partial charge in [0.1, 0.15) is 11.5 Å². The molecule has 0 unspecified atom stereocenters. The van der Waals surface area contributed by atoms with Crippen LogP contribution in [0.5, 0.6) is 0 Å². The zero-order valence-electron chi connectivity index (χ0n) is 19.3. The fourth-order valence-corrected chi connectivity index (χ4v) is 4.55. The van der Waals surface area contributed by atoms with Crippen LogP contribution in [0.25, 0.3) is 0 Å². The van der Waals surface area contributed by atoms with Crippen molar-refractivity contribution in [1.82, 2.24) is 9.80 Å². The molecule has 4 rings (SSSR count). The quantitative estimate of drug-likeness (QED) is 0.790. The molecule has 1 aromatic carbocycles. The molecule has 2 saturated heterocycles. The lowest BCUT2D eigenvalue weighted by Gasteiger charge is -2.38. The van der Waals surface area contributed by atoms with E-state index in [1.165, 1.54) is 0 Å². The van der Waals surface area contributed by atoms with Gasteiger partial charge < -0.3 is 29.2 Å². The molecule has 172 valence electrons. The number of piperazine rings is 1. The van der Waals surface area contributed by atoms with Gasteiger partial charge in [0.15, 0.2) is 0 Å². The summed E-state index contributed by atoms with van der Waals surface area (Å²) in [5, 5.41) is 3.08. The molecule has 32 heavy (non-hydrogen) atoms. The normalized spacial score (nSPS) is 21.6. The van der Waals surface area contributed by atoms with Crippen molar-refractivity contribution >= 4 is 23.3 Å². The molecule has 2 atom stereocenters. The first kappa shape index (κ1) is 22.2. The van der Waals surface area contributed by atoms with Crippen LogP contribution in [0.2, 0.25) is 0 Å². The van der Waals surface area contributed by atoms with Crippen LogP contribution in [0.15, 0.2) is 34.7 Å². The third-order valence-electron chi connectivity index (χ3n) is 6.03. The van der Waals surface area contributed by atoms with Crippen LogP contribution in [-0.4, -0.2) is 73.2 Å². The Morgan fingerprint density at radius 1 is 0.969 bits per heavy atom. The number of nitrogens with one attached hydrogen (secondary N) is 1. The number of carbonyl (C=O) groups excluding carboxylic acids is 2. The Hall–Kier alpha value is -3.00. The molecule has 2 aromatic rings. The van der Waals surface area contributed by atoms with Crippen LogP contribution in [-0.2, 0) is 4.74 Å². The number of rotatable bonds is 3. The number of hydrogen-bond donors (Lipinski definition) is 1. The summed E-state index contributed by atoms with van der Waals surface area (Å²) in [5.74, 6) is 1.32. The highest BCUT2D eigenvalue weighted by Crippen LogP contribution is 2.29. The Bertz CT molecular complexity index is 970. The largest absolute Gasteiger partial charge is 0.466 e. The Kier molecular flexibility index (Phi) is 6.41. The van der Waals surface area contributed by atoms with E-state index in [1.54, 1.807) is 22.8 Å². The molecular weight excluding hydrogens is 408 g/mol. The number of anilines is 2. The van der Waals surface area contributed by atoms with Crippen molar-refractivity contribution < 1.29 is 18.7 Å². The van der Waals surface area contributed by atoms with Crippen LogP contribution in [0, 0.1) is 13.8 Å². The molecule has 2 aliphatic rings. The number of hydrogen-bond acceptors (Lipinski definition) is 5. The molecule has 8 heteroatoms. The summed E-state index contributed by atoms with van der Waals surface area (Å²) >= 11 is 0. The number of nitrogens with zero attached hydrogens (tertiary/aromatic N) is 3. The van der Waals surface area contributed by atoms with Gasteiger partial charge in [0.2, 0.25) is 0 Å². The minimum absolute atomic E-state index is 0.0414. The number of para-hydroxylation sites is 2. The van der Waals surface area contributed by atoms with Gasteiger partial charge in [-0.05, 0) is 45.9 Å². The number of aryl methyl sites for hydroxylation is 2. The summed E-state index contributed by atoms with van der Waals surface area (Å²) in [6, 6.07) is 9.52. The minimum Gasteiger partial charge on any atom is -0.466 e. The van der Waals surface area contributed by atoms with E-state index < -0.39 is 0 Å². The van der Waals surface area contributed by atoms with Crippen molar-refractivity contribution in [2.24, 2.45) is 0 Å². The van der Waals surface area contributed by atoms with Crippen molar-refractivity contribution in [3.63, 3.8) is 0 Å². The van der Waals surface area contributed by atoms with Gasteiger partial charge in [0.05, 0.1) is 29.1 Å². The molecule has 1 aromatic heterocycles. The molecule has 3 amide bonds. The van der Waals surface area contributed by atoms with Crippen molar-refractivity contribution in [2.75, 3.05) is 49.5 Å². The standard InChI is InChI=1S/C24H32N4O4/c1-16-13-20(19(4)32-16)23(29)26-9-11-27(12-10-26)24(30)25-21-7-5-6-8-22(21)28-14-17(2)31-18(3)15-28/h5-8,13,17-18H,9-12,14-15H2,1-4H3,(H,25,30)/t17-,18+. The van der Waals surface area contributed by atoms with E-state index in [0.29, 0.717) is 37.5 Å². The molecule has 2 fully saturated rings. The molecule has 0 spiro atoms. The van der Waals surface area contributed by atoms with Crippen molar-refractivity contribution in [1.29, 1.82) is 0 Å². The summed E-state index contributed by atoms with van der Waals surface area (Å²) in [5.41, 5.74) is 2.40. The lowest BCUT2D eigenvalue weighted by Crippen LogP contribution is -2.52. The fraction of sp³-hybridized carbons (Fsp3) is 0.500. The molecule has 2 aliphatic heterocycles. The number of amides is 3. The SMILES string of the molecule is Cc1cc(C(=O)N2CCN(C(=O)Nc3ccccc3N3C[C@@H](C)O[C@@H](C)C3)CC2)c(C)o1. The molecule has 1 N–H and O–H groups in total. The van der Waals surface area contributed by atoms with Gasteiger partial charge in [0, 0.05) is 39.3 Å². The third-order valence-corrected chi connectivity index (χ3v) is 6.03. The Balaban J connectivity index is 1.38. The number of ether oxygens (including phenoxy) is 1. The highest BCUT2D eigenvalue weighted by Gasteiger charge is 2.28. The summed E-state index contributed by atoms with van der Waals surface area (Å²) in [4.78, 5) is 31.6. The topological polar surface area (TPSA) is 78.3 Å². The van der Waals surface area contributed by atoms with Crippen molar-refractivity contribution in [3.05, 3.63) is 47.4 Å². The number of benzene rings is 1. The number of morpholine rings is 1. The summed E-state index contributed by atoms with van der Waals surface area (Å²) in [6.07, 6.45) is 0.270. The molecule has 3 heterocycles. The van der Waals surface area contributed by atoms with Crippen molar-refractivity contribution in [3.8, 4) is 0 Å². The maximum atomic E-state index is 13.0. The Morgan fingerprint density at radius 3 is 2.22 bits per heavy atom. The van der Waals surface area contributed by atoms with E-state index in [0.717, 1.165) is 30.2 Å². The summed E-state index contributed by atoms with van der Waals surface area (Å²) < 4.78 is 11.3. The van der Waals surface area contributed by atoms with E-state index in [1.807, 2.05) is 31.2 Å². The maximum Gasteiger partial charge on any atom is 0.322 e. The fourth-order valence-electron chi connectivity index (χ4n) is 4.55. The number of carbonyl (C=O) groups is 2. The zero-order valence-corrected chi connectivity index (χ0v) is 19.3. The minimum atomic E-state index is -0.144. The van der Waals surface area contributed by atoms with E-state index >= 15 is 0 Å². The first-order valence-corrected chi connectivity index (χ1v) is 11.2. The van der Waals surface area contributed by atoms with Gasteiger partial charge in [-0.15, -0.1) is 0 Å². The molecule has 0 aliphatic carbocycles. The maximum absolute atomic E-state index is 13.0. The lowest BCUT2D eigenvalue weighted by atomic mass is 10.1. The predicted octanol–water partition coefficient (Wildman–Crippen LogP) is 3.50. The van der Waals surface area contributed by atoms with E-state index in [-0.39, 0.29) is 24.1 Å². The molecule has 8 nitrogen and oxygen atoms in total. The van der Waals surface area contributed by atoms with Gasteiger partial charge >= 0.3 is 6.03 Å². The predicted molar refractivity (Wildman–Crippen MR) is 123 cm³/mol.